The number of carbonyl (C=O) groups is 3. The van der Waals surface area contributed by atoms with Gasteiger partial charge in [0.15, 0.2) is 6.10 Å². The van der Waals surface area contributed by atoms with Crippen LogP contribution in [-0.2, 0) is 55.8 Å². The van der Waals surface area contributed by atoms with Crippen molar-refractivity contribution >= 4 is 33.6 Å². The Labute approximate surface area is 636 Å². The van der Waals surface area contributed by atoms with Gasteiger partial charge in [0.2, 0.25) is 0 Å². The van der Waals surface area contributed by atoms with Crippen LogP contribution in [0.3, 0.4) is 0 Å². The Hall–Kier alpha value is -5.61. The van der Waals surface area contributed by atoms with Crippen LogP contribution < -0.4 is 0 Å². The maximum atomic E-state index is 13.0. The highest BCUT2D eigenvalue weighted by molar-refractivity contribution is 7.47. The number of hydrogen-bond acceptors (Lipinski definition) is 14. The number of aliphatic hydroxyl groups excluding tert-OH is 2. The van der Waals surface area contributed by atoms with Gasteiger partial charge in [-0.3, -0.25) is 32.5 Å². The van der Waals surface area contributed by atoms with Crippen LogP contribution in [0.25, 0.3) is 0 Å². The van der Waals surface area contributed by atoms with Crippen molar-refractivity contribution in [1.82, 2.24) is 0 Å². The number of rotatable bonds is 73. The van der Waals surface area contributed by atoms with Crippen molar-refractivity contribution in [2.75, 3.05) is 39.6 Å². The van der Waals surface area contributed by atoms with Crippen molar-refractivity contribution in [3.05, 3.63) is 194 Å². The van der Waals surface area contributed by atoms with Gasteiger partial charge in [0.25, 0.3) is 0 Å². The number of carbonyl (C=O) groups excluding carboxylic acids is 3. The SMILES string of the molecule is CC/C=C\C/C=C\C/C=C\C/C=C\C/C=C\C/C=C\CCC(=O)OC(COC(=O)CCCCCCCCC/C=C\C/C=C\C/C=C\C/C=C\C/C=C\CC)COP(=O)(O)OCC(O)COP(=O)(O)OCC(O)COC(=O)CCCCCCCCCCCCC/C=C\C/C=C\C/C=C\C/C=C\C/C=C\CC. The van der Waals surface area contributed by atoms with Crippen molar-refractivity contribution < 1.29 is 75.8 Å². The van der Waals surface area contributed by atoms with Gasteiger partial charge in [0.05, 0.1) is 26.4 Å². The molecule has 0 radical (unpaired) electrons. The van der Waals surface area contributed by atoms with Gasteiger partial charge in [-0.05, 0) is 148 Å². The van der Waals surface area contributed by atoms with Crippen LogP contribution in [0.1, 0.15) is 278 Å². The summed E-state index contributed by atoms with van der Waals surface area (Å²) in [6, 6.07) is 0. The van der Waals surface area contributed by atoms with Crippen LogP contribution in [0.5, 0.6) is 0 Å². The van der Waals surface area contributed by atoms with Crippen LogP contribution in [-0.4, -0.2) is 95.9 Å². The maximum absolute atomic E-state index is 13.0. The third-order valence-electron chi connectivity index (χ3n) is 15.8. The number of allylic oxidation sites excluding steroid dienone is 32. The molecule has 0 aromatic heterocycles. The average Bonchev–Trinajstić information content (AvgIpc) is 0.916. The molecule has 4 N–H and O–H groups in total. The first-order valence-electron chi connectivity index (χ1n) is 39.7. The Morgan fingerprint density at radius 1 is 0.267 bits per heavy atom. The van der Waals surface area contributed by atoms with Gasteiger partial charge < -0.3 is 34.2 Å². The molecule has 5 atom stereocenters. The topological polar surface area (TPSA) is 231 Å². The Balaban J connectivity index is 4.71. The van der Waals surface area contributed by atoms with E-state index in [9.17, 15) is 43.5 Å². The van der Waals surface area contributed by atoms with Gasteiger partial charge >= 0.3 is 33.6 Å². The molecule has 0 heterocycles. The van der Waals surface area contributed by atoms with Crippen LogP contribution in [0, 0.1) is 0 Å². The normalized spacial score (nSPS) is 15.0. The van der Waals surface area contributed by atoms with Crippen LogP contribution in [0.15, 0.2) is 194 Å². The van der Waals surface area contributed by atoms with Gasteiger partial charge in [-0.15, -0.1) is 0 Å². The first-order valence-corrected chi connectivity index (χ1v) is 42.7. The maximum Gasteiger partial charge on any atom is 0.472 e. The first kappa shape index (κ1) is 99.4. The number of aliphatic hydroxyl groups is 2. The van der Waals surface area contributed by atoms with E-state index in [4.69, 9.17) is 32.3 Å². The standard InChI is InChI=1S/C87H140O16P2/c1-4-7-10-13-16-19-22-25-28-31-34-36-38-39-40-41-43-45-47-49-52-55-58-61-64-67-70-73-85(90)97-76-82(88)77-99-104(93,94)100-78-83(89)79-101-105(95,96)102-81-84(103-87(92)75-72-69-66-63-60-57-54-51-46-33-30-27-24-21-18-15-12-9-6-3)80-98-86(91)74-71-68-65-62-59-56-53-50-48-44-42-37-35-32-29-26-23-20-17-14-11-8-5-2/h7-12,16-21,25-30,34-37,39-40,44,46,48,51,57,60,66,69,82-84,88-89H,4-6,13-15,22-24,31-33,38,41-43,45,47,49-50,52-56,58-59,61-65,67-68,70-81H2,1-3H3,(H,93,94)(H,95,96)/b10-7-,11-8-,12-9-,19-16-,20-17-,21-18-,28-25-,29-26-,30-27-,36-34-,37-35-,40-39-,48-44-,51-46-,60-57-,69-66-. The zero-order chi connectivity index (χ0) is 76.6. The van der Waals surface area contributed by atoms with Crippen molar-refractivity contribution in [1.29, 1.82) is 0 Å². The second-order valence-electron chi connectivity index (χ2n) is 25.7. The highest BCUT2D eigenvalue weighted by Gasteiger charge is 2.29. The van der Waals surface area contributed by atoms with E-state index in [1.807, 2.05) is 18.2 Å². The van der Waals surface area contributed by atoms with E-state index in [2.05, 4.69) is 197 Å². The lowest BCUT2D eigenvalue weighted by molar-refractivity contribution is -0.161. The molecule has 0 saturated carbocycles. The molecule has 105 heavy (non-hydrogen) atoms. The van der Waals surface area contributed by atoms with E-state index in [1.54, 1.807) is 0 Å². The van der Waals surface area contributed by atoms with E-state index in [1.165, 1.54) is 38.5 Å². The molecule has 0 rings (SSSR count). The lowest BCUT2D eigenvalue weighted by Crippen LogP contribution is -2.29. The van der Waals surface area contributed by atoms with E-state index >= 15 is 0 Å². The fraction of sp³-hybridized carbons (Fsp3) is 0.598. The summed E-state index contributed by atoms with van der Waals surface area (Å²) in [6.07, 6.45) is 102. The number of esters is 3. The molecule has 0 aliphatic carbocycles. The van der Waals surface area contributed by atoms with Gasteiger partial charge in [-0.1, -0.05) is 305 Å². The summed E-state index contributed by atoms with van der Waals surface area (Å²) in [4.78, 5) is 58.7. The molecule has 5 unspecified atom stereocenters. The molecule has 18 heteroatoms. The number of phosphoric acid groups is 2. The molecule has 0 aromatic rings. The minimum Gasteiger partial charge on any atom is -0.463 e. The molecule has 0 amide bonds. The zero-order valence-electron chi connectivity index (χ0n) is 64.8. The molecular weight excluding hydrogens is 1360 g/mol. The molecule has 16 nitrogen and oxygen atoms in total. The monoisotopic (exact) mass is 1500 g/mol. The van der Waals surface area contributed by atoms with E-state index in [0.717, 1.165) is 173 Å². The second kappa shape index (κ2) is 78.0. The largest absolute Gasteiger partial charge is 0.472 e. The van der Waals surface area contributed by atoms with Gasteiger partial charge in [0.1, 0.15) is 25.4 Å². The quantitative estimate of drug-likeness (QED) is 0.0146. The Morgan fingerprint density at radius 2 is 0.495 bits per heavy atom. The fourth-order valence-electron chi connectivity index (χ4n) is 9.89. The van der Waals surface area contributed by atoms with Crippen molar-refractivity contribution in [3.8, 4) is 0 Å². The second-order valence-corrected chi connectivity index (χ2v) is 28.6. The van der Waals surface area contributed by atoms with Crippen molar-refractivity contribution in [2.24, 2.45) is 0 Å². The molecular formula is C87H140O16P2. The van der Waals surface area contributed by atoms with Crippen LogP contribution in [0.4, 0.5) is 0 Å². The molecule has 0 aliphatic rings. The predicted octanol–water partition coefficient (Wildman–Crippen LogP) is 23.5. The molecule has 0 spiro atoms. The minimum absolute atomic E-state index is 0.0310. The highest BCUT2D eigenvalue weighted by atomic mass is 31.2. The zero-order valence-corrected chi connectivity index (χ0v) is 66.6. The van der Waals surface area contributed by atoms with Crippen LogP contribution >= 0.6 is 15.6 Å². The summed E-state index contributed by atoms with van der Waals surface area (Å²) >= 11 is 0. The van der Waals surface area contributed by atoms with E-state index in [0.29, 0.717) is 25.7 Å². The molecule has 594 valence electrons. The number of phosphoric ester groups is 2. The molecule has 0 saturated heterocycles. The minimum atomic E-state index is -4.96. The van der Waals surface area contributed by atoms with Crippen LogP contribution in [0.2, 0.25) is 0 Å². The molecule has 0 fully saturated rings. The summed E-state index contributed by atoms with van der Waals surface area (Å²) in [5.41, 5.74) is 0. The van der Waals surface area contributed by atoms with Gasteiger partial charge in [-0.25, -0.2) is 9.13 Å². The lowest BCUT2D eigenvalue weighted by Gasteiger charge is -2.21. The third-order valence-corrected chi connectivity index (χ3v) is 17.7. The first-order chi connectivity index (χ1) is 51.2. The Bertz CT molecular complexity index is 2690. The lowest BCUT2D eigenvalue weighted by atomic mass is 10.0. The number of unbranched alkanes of at least 4 members (excludes halogenated alkanes) is 18. The Kier molecular flexibility index (Phi) is 73.8. The van der Waals surface area contributed by atoms with Crippen molar-refractivity contribution in [3.63, 3.8) is 0 Å². The average molecular weight is 1500 g/mol. The van der Waals surface area contributed by atoms with Crippen molar-refractivity contribution in [2.45, 2.75) is 296 Å². The number of hydrogen-bond donors (Lipinski definition) is 4. The predicted molar refractivity (Wildman–Crippen MR) is 435 cm³/mol. The smallest absolute Gasteiger partial charge is 0.463 e. The summed E-state index contributed by atoms with van der Waals surface area (Å²) < 4.78 is 61.1. The van der Waals surface area contributed by atoms with E-state index in [-0.39, 0.29) is 19.3 Å². The highest BCUT2D eigenvalue weighted by Crippen LogP contribution is 2.45. The third kappa shape index (κ3) is 79.3. The van der Waals surface area contributed by atoms with E-state index < -0.39 is 91.5 Å². The summed E-state index contributed by atoms with van der Waals surface area (Å²) in [6.45, 7) is 2.22. The molecule has 0 aromatic carbocycles. The van der Waals surface area contributed by atoms with Gasteiger partial charge in [0, 0.05) is 19.3 Å². The fourth-order valence-corrected chi connectivity index (χ4v) is 11.5. The molecule has 0 aliphatic heterocycles. The summed E-state index contributed by atoms with van der Waals surface area (Å²) in [5, 5.41) is 20.7. The summed E-state index contributed by atoms with van der Waals surface area (Å²) in [5.74, 6) is -1.70. The molecule has 0 bridgehead atoms. The Morgan fingerprint density at radius 3 is 0.790 bits per heavy atom. The summed E-state index contributed by atoms with van der Waals surface area (Å²) in [7, 11) is -9.84. The van der Waals surface area contributed by atoms with Gasteiger partial charge in [-0.2, -0.15) is 0 Å². The number of ether oxygens (including phenoxy) is 3.